The van der Waals surface area contributed by atoms with Gasteiger partial charge >= 0.3 is 5.97 Å². The van der Waals surface area contributed by atoms with Crippen LogP contribution in [0.1, 0.15) is 32.6 Å². The SMILES string of the molecule is C=C(C)COCCNC(=O)CC1(C(=O)O)CCC1. The van der Waals surface area contributed by atoms with Crippen LogP contribution in [-0.4, -0.2) is 36.7 Å². The predicted octanol–water partition coefficient (Wildman–Crippen LogP) is 1.34. The zero-order valence-electron chi connectivity index (χ0n) is 10.8. The number of ether oxygens (including phenoxy) is 1. The van der Waals surface area contributed by atoms with Gasteiger partial charge in [-0.25, -0.2) is 0 Å². The number of carboxylic acid groups (broad SMARTS) is 1. The number of carboxylic acids is 1. The van der Waals surface area contributed by atoms with Gasteiger partial charge in [0.1, 0.15) is 0 Å². The summed E-state index contributed by atoms with van der Waals surface area (Å²) in [4.78, 5) is 22.7. The lowest BCUT2D eigenvalue weighted by atomic mass is 9.66. The summed E-state index contributed by atoms with van der Waals surface area (Å²) in [5.74, 6) is -1.07. The molecule has 1 rings (SSSR count). The van der Waals surface area contributed by atoms with Gasteiger partial charge in [-0.05, 0) is 19.8 Å². The first kappa shape index (κ1) is 14.7. The number of aliphatic carboxylic acids is 1. The van der Waals surface area contributed by atoms with Crippen molar-refractivity contribution in [3.05, 3.63) is 12.2 Å². The third kappa shape index (κ3) is 4.14. The molecule has 0 unspecified atom stereocenters. The van der Waals surface area contributed by atoms with E-state index in [0.29, 0.717) is 32.6 Å². The summed E-state index contributed by atoms with van der Waals surface area (Å²) in [5.41, 5.74) is 0.114. The molecular weight excluding hydrogens is 234 g/mol. The van der Waals surface area contributed by atoms with E-state index in [-0.39, 0.29) is 12.3 Å². The van der Waals surface area contributed by atoms with E-state index in [1.165, 1.54) is 0 Å². The molecule has 5 heteroatoms. The smallest absolute Gasteiger partial charge is 0.310 e. The van der Waals surface area contributed by atoms with E-state index in [4.69, 9.17) is 9.84 Å². The average Bonchev–Trinajstić information content (AvgIpc) is 2.22. The molecule has 0 saturated heterocycles. The Kier molecular flexibility index (Phi) is 5.34. The number of amides is 1. The Hall–Kier alpha value is -1.36. The molecule has 102 valence electrons. The first-order valence-corrected chi connectivity index (χ1v) is 6.18. The fraction of sp³-hybridized carbons (Fsp3) is 0.692. The molecule has 0 aromatic heterocycles. The monoisotopic (exact) mass is 255 g/mol. The molecular formula is C13H21NO4. The van der Waals surface area contributed by atoms with Gasteiger partial charge in [0.25, 0.3) is 0 Å². The molecule has 0 radical (unpaired) electrons. The van der Waals surface area contributed by atoms with Gasteiger partial charge in [-0.3, -0.25) is 9.59 Å². The summed E-state index contributed by atoms with van der Waals surface area (Å²) in [6, 6.07) is 0. The maximum atomic E-state index is 11.6. The first-order chi connectivity index (χ1) is 8.46. The Morgan fingerprint density at radius 2 is 2.11 bits per heavy atom. The molecule has 0 heterocycles. The van der Waals surface area contributed by atoms with Crippen molar-refractivity contribution in [1.82, 2.24) is 5.32 Å². The zero-order chi connectivity index (χ0) is 13.6. The summed E-state index contributed by atoms with van der Waals surface area (Å²) in [5, 5.41) is 11.8. The summed E-state index contributed by atoms with van der Waals surface area (Å²) in [6.07, 6.45) is 2.16. The number of rotatable bonds is 8. The Labute approximate surface area is 107 Å². The van der Waals surface area contributed by atoms with Crippen LogP contribution in [0.5, 0.6) is 0 Å². The quantitative estimate of drug-likeness (QED) is 0.507. The number of carbonyl (C=O) groups excluding carboxylic acids is 1. The Morgan fingerprint density at radius 1 is 1.44 bits per heavy atom. The van der Waals surface area contributed by atoms with Gasteiger partial charge in [-0.15, -0.1) is 0 Å². The molecule has 0 spiro atoms. The third-order valence-electron chi connectivity index (χ3n) is 3.18. The van der Waals surface area contributed by atoms with Crippen molar-refractivity contribution >= 4 is 11.9 Å². The second kappa shape index (κ2) is 6.54. The lowest BCUT2D eigenvalue weighted by Crippen LogP contribution is -2.43. The van der Waals surface area contributed by atoms with E-state index in [2.05, 4.69) is 11.9 Å². The summed E-state index contributed by atoms with van der Waals surface area (Å²) < 4.78 is 5.23. The van der Waals surface area contributed by atoms with Crippen molar-refractivity contribution in [2.24, 2.45) is 5.41 Å². The van der Waals surface area contributed by atoms with Crippen LogP contribution in [0.2, 0.25) is 0 Å². The second-order valence-corrected chi connectivity index (χ2v) is 4.98. The number of nitrogens with one attached hydrogen (secondary N) is 1. The molecule has 0 aromatic carbocycles. The van der Waals surface area contributed by atoms with Crippen LogP contribution in [0.25, 0.3) is 0 Å². The van der Waals surface area contributed by atoms with Crippen LogP contribution in [0.15, 0.2) is 12.2 Å². The van der Waals surface area contributed by atoms with Gasteiger partial charge in [0, 0.05) is 13.0 Å². The molecule has 0 atom stereocenters. The molecule has 1 fully saturated rings. The van der Waals surface area contributed by atoms with Crippen molar-refractivity contribution in [3.8, 4) is 0 Å². The molecule has 1 aliphatic rings. The van der Waals surface area contributed by atoms with Gasteiger partial charge in [0.05, 0.1) is 18.6 Å². The molecule has 18 heavy (non-hydrogen) atoms. The predicted molar refractivity (Wildman–Crippen MR) is 67.2 cm³/mol. The van der Waals surface area contributed by atoms with E-state index >= 15 is 0 Å². The maximum absolute atomic E-state index is 11.6. The highest BCUT2D eigenvalue weighted by molar-refractivity contribution is 5.85. The normalized spacial score (nSPS) is 16.7. The van der Waals surface area contributed by atoms with Crippen LogP contribution in [-0.2, 0) is 14.3 Å². The van der Waals surface area contributed by atoms with Gasteiger partial charge in [-0.1, -0.05) is 18.6 Å². The molecule has 5 nitrogen and oxygen atoms in total. The largest absolute Gasteiger partial charge is 0.481 e. The van der Waals surface area contributed by atoms with Crippen LogP contribution in [0, 0.1) is 5.41 Å². The lowest BCUT2D eigenvalue weighted by Gasteiger charge is -2.36. The molecule has 1 saturated carbocycles. The number of hydrogen-bond acceptors (Lipinski definition) is 3. The van der Waals surface area contributed by atoms with Crippen LogP contribution in [0.3, 0.4) is 0 Å². The fourth-order valence-corrected chi connectivity index (χ4v) is 1.95. The molecule has 0 bridgehead atoms. The van der Waals surface area contributed by atoms with Crippen LogP contribution in [0.4, 0.5) is 0 Å². The van der Waals surface area contributed by atoms with E-state index in [9.17, 15) is 9.59 Å². The van der Waals surface area contributed by atoms with Crippen LogP contribution >= 0.6 is 0 Å². The molecule has 1 amide bonds. The van der Waals surface area contributed by atoms with E-state index in [1.54, 1.807) is 0 Å². The second-order valence-electron chi connectivity index (χ2n) is 4.98. The first-order valence-electron chi connectivity index (χ1n) is 6.18. The molecule has 2 N–H and O–H groups in total. The van der Waals surface area contributed by atoms with Gasteiger partial charge in [0.15, 0.2) is 0 Å². The summed E-state index contributed by atoms with van der Waals surface area (Å²) >= 11 is 0. The molecule has 1 aliphatic carbocycles. The lowest BCUT2D eigenvalue weighted by molar-refractivity contribution is -0.157. The van der Waals surface area contributed by atoms with Crippen molar-refractivity contribution in [2.45, 2.75) is 32.6 Å². The minimum absolute atomic E-state index is 0.0722. The summed E-state index contributed by atoms with van der Waals surface area (Å²) in [6.45, 7) is 6.86. The highest BCUT2D eigenvalue weighted by atomic mass is 16.5. The van der Waals surface area contributed by atoms with Gasteiger partial charge in [-0.2, -0.15) is 0 Å². The van der Waals surface area contributed by atoms with Crippen molar-refractivity contribution in [2.75, 3.05) is 19.8 Å². The van der Waals surface area contributed by atoms with E-state index in [0.717, 1.165) is 12.0 Å². The highest BCUT2D eigenvalue weighted by Gasteiger charge is 2.45. The highest BCUT2D eigenvalue weighted by Crippen LogP contribution is 2.44. The van der Waals surface area contributed by atoms with Crippen molar-refractivity contribution < 1.29 is 19.4 Å². The van der Waals surface area contributed by atoms with E-state index < -0.39 is 11.4 Å². The average molecular weight is 255 g/mol. The zero-order valence-corrected chi connectivity index (χ0v) is 10.8. The van der Waals surface area contributed by atoms with Gasteiger partial charge in [0.2, 0.25) is 5.91 Å². The fourth-order valence-electron chi connectivity index (χ4n) is 1.95. The molecule has 0 aliphatic heterocycles. The third-order valence-corrected chi connectivity index (χ3v) is 3.18. The Bertz CT molecular complexity index is 334. The summed E-state index contributed by atoms with van der Waals surface area (Å²) in [7, 11) is 0. The van der Waals surface area contributed by atoms with Crippen molar-refractivity contribution in [3.63, 3.8) is 0 Å². The Balaban J connectivity index is 2.17. The van der Waals surface area contributed by atoms with Gasteiger partial charge < -0.3 is 15.2 Å². The minimum Gasteiger partial charge on any atom is -0.481 e. The van der Waals surface area contributed by atoms with E-state index in [1.807, 2.05) is 6.92 Å². The molecule has 0 aromatic rings. The Morgan fingerprint density at radius 3 is 2.56 bits per heavy atom. The number of carbonyl (C=O) groups is 2. The minimum atomic E-state index is -0.859. The maximum Gasteiger partial charge on any atom is 0.310 e. The standard InChI is InChI=1S/C13H21NO4/c1-10(2)9-18-7-6-14-11(15)8-13(12(16)17)4-3-5-13/h1,3-9H2,2H3,(H,14,15)(H,16,17). The number of hydrogen-bond donors (Lipinski definition) is 2. The van der Waals surface area contributed by atoms with Crippen LogP contribution < -0.4 is 5.32 Å². The topological polar surface area (TPSA) is 75.6 Å². The van der Waals surface area contributed by atoms with Crippen molar-refractivity contribution in [1.29, 1.82) is 0 Å².